The number of benzene rings is 1. The monoisotopic (exact) mass is 260 g/mol. The first-order valence-electron chi connectivity index (χ1n) is 6.28. The molecule has 1 aromatic rings. The normalized spacial score (nSPS) is 9.89. The highest BCUT2D eigenvalue weighted by atomic mass is 16.5. The van der Waals surface area contributed by atoms with Crippen LogP contribution in [0.5, 0.6) is 5.75 Å². The molecule has 0 spiro atoms. The van der Waals surface area contributed by atoms with E-state index in [9.17, 15) is 0 Å². The zero-order valence-corrected chi connectivity index (χ0v) is 11.3. The summed E-state index contributed by atoms with van der Waals surface area (Å²) in [4.78, 5) is 0. The van der Waals surface area contributed by atoms with Crippen molar-refractivity contribution in [2.24, 2.45) is 0 Å². The number of nitrogens with one attached hydrogen (secondary N) is 1. The lowest BCUT2D eigenvalue weighted by molar-refractivity contribution is 0.140. The molecule has 0 aliphatic heterocycles. The van der Waals surface area contributed by atoms with E-state index in [0.29, 0.717) is 17.9 Å². The first-order valence-corrected chi connectivity index (χ1v) is 6.28. The van der Waals surface area contributed by atoms with Gasteiger partial charge in [-0.15, -0.1) is 6.58 Å². The van der Waals surface area contributed by atoms with Gasteiger partial charge in [-0.05, 0) is 24.1 Å². The van der Waals surface area contributed by atoms with Gasteiger partial charge in [0, 0.05) is 13.1 Å². The predicted molar refractivity (Wildman–Crippen MR) is 75.0 cm³/mol. The van der Waals surface area contributed by atoms with Crippen LogP contribution in [0.25, 0.3) is 0 Å². The highest BCUT2D eigenvalue weighted by Crippen LogP contribution is 2.18. The Bertz CT molecular complexity index is 438. The summed E-state index contributed by atoms with van der Waals surface area (Å²) in [6.45, 7) is 6.55. The Balaban J connectivity index is 2.30. The fourth-order valence-corrected chi connectivity index (χ4v) is 1.58. The topological polar surface area (TPSA) is 54.3 Å². The molecule has 0 bridgehead atoms. The fourth-order valence-electron chi connectivity index (χ4n) is 1.58. The average Bonchev–Trinajstić information content (AvgIpc) is 2.46. The molecule has 0 amide bonds. The maximum absolute atomic E-state index is 8.89. The highest BCUT2D eigenvalue weighted by molar-refractivity contribution is 5.45. The SMILES string of the molecule is C=CCCOCCNCc1ccc(C#N)c(OC)c1. The summed E-state index contributed by atoms with van der Waals surface area (Å²) in [5, 5.41) is 12.2. The van der Waals surface area contributed by atoms with Gasteiger partial charge < -0.3 is 14.8 Å². The largest absolute Gasteiger partial charge is 0.495 e. The van der Waals surface area contributed by atoms with E-state index in [2.05, 4.69) is 18.0 Å². The van der Waals surface area contributed by atoms with Crippen LogP contribution < -0.4 is 10.1 Å². The van der Waals surface area contributed by atoms with Crippen molar-refractivity contribution >= 4 is 0 Å². The van der Waals surface area contributed by atoms with Crippen LogP contribution >= 0.6 is 0 Å². The maximum Gasteiger partial charge on any atom is 0.136 e. The van der Waals surface area contributed by atoms with E-state index >= 15 is 0 Å². The summed E-state index contributed by atoms with van der Waals surface area (Å²) in [5.74, 6) is 0.615. The Morgan fingerprint density at radius 3 is 2.95 bits per heavy atom. The van der Waals surface area contributed by atoms with E-state index < -0.39 is 0 Å². The summed E-state index contributed by atoms with van der Waals surface area (Å²) < 4.78 is 10.6. The summed E-state index contributed by atoms with van der Waals surface area (Å²) in [6, 6.07) is 7.67. The Morgan fingerprint density at radius 2 is 2.26 bits per heavy atom. The molecule has 0 saturated heterocycles. The minimum atomic E-state index is 0.555. The number of nitrogens with zero attached hydrogens (tertiary/aromatic N) is 1. The van der Waals surface area contributed by atoms with Crippen LogP contribution in [0.4, 0.5) is 0 Å². The molecule has 102 valence electrons. The zero-order chi connectivity index (χ0) is 13.9. The fraction of sp³-hybridized carbons (Fsp3) is 0.400. The minimum Gasteiger partial charge on any atom is -0.495 e. The van der Waals surface area contributed by atoms with Crippen LogP contribution in [0.3, 0.4) is 0 Å². The third-order valence-corrected chi connectivity index (χ3v) is 2.61. The molecule has 1 N–H and O–H groups in total. The lowest BCUT2D eigenvalue weighted by atomic mass is 10.1. The standard InChI is InChI=1S/C15H20N2O2/c1-3-4-8-19-9-7-17-12-13-5-6-14(11-16)15(10-13)18-2/h3,5-6,10,17H,1,4,7-9,12H2,2H3. The van der Waals surface area contributed by atoms with Gasteiger partial charge in [-0.2, -0.15) is 5.26 Å². The van der Waals surface area contributed by atoms with E-state index in [-0.39, 0.29) is 0 Å². The zero-order valence-electron chi connectivity index (χ0n) is 11.3. The molecular formula is C15H20N2O2. The third kappa shape index (κ3) is 5.56. The summed E-state index contributed by atoms with van der Waals surface area (Å²) in [5.41, 5.74) is 1.64. The van der Waals surface area contributed by atoms with Crippen molar-refractivity contribution in [3.63, 3.8) is 0 Å². The van der Waals surface area contributed by atoms with Crippen LogP contribution in [0.1, 0.15) is 17.5 Å². The maximum atomic E-state index is 8.89. The number of hydrogen-bond donors (Lipinski definition) is 1. The van der Waals surface area contributed by atoms with Gasteiger partial charge in [-0.1, -0.05) is 12.1 Å². The second-order valence-corrected chi connectivity index (χ2v) is 4.01. The van der Waals surface area contributed by atoms with Gasteiger partial charge in [0.1, 0.15) is 11.8 Å². The molecule has 0 unspecified atom stereocenters. The van der Waals surface area contributed by atoms with Gasteiger partial charge in [0.2, 0.25) is 0 Å². The first-order chi connectivity index (χ1) is 9.31. The van der Waals surface area contributed by atoms with Gasteiger partial charge in [0.05, 0.1) is 25.9 Å². The van der Waals surface area contributed by atoms with Crippen molar-refractivity contribution in [2.45, 2.75) is 13.0 Å². The molecule has 19 heavy (non-hydrogen) atoms. The molecule has 0 aliphatic carbocycles. The van der Waals surface area contributed by atoms with E-state index in [1.54, 1.807) is 13.2 Å². The van der Waals surface area contributed by atoms with Crippen LogP contribution in [-0.2, 0) is 11.3 Å². The molecule has 0 fully saturated rings. The summed E-state index contributed by atoms with van der Waals surface area (Å²) in [7, 11) is 1.57. The third-order valence-electron chi connectivity index (χ3n) is 2.61. The molecule has 4 nitrogen and oxygen atoms in total. The Hall–Kier alpha value is -1.83. The van der Waals surface area contributed by atoms with Crippen molar-refractivity contribution in [3.8, 4) is 11.8 Å². The van der Waals surface area contributed by atoms with Crippen molar-refractivity contribution in [3.05, 3.63) is 42.0 Å². The second kappa shape index (κ2) is 9.15. The van der Waals surface area contributed by atoms with E-state index in [1.807, 2.05) is 18.2 Å². The minimum absolute atomic E-state index is 0.555. The summed E-state index contributed by atoms with van der Waals surface area (Å²) in [6.07, 6.45) is 2.73. The number of hydrogen-bond acceptors (Lipinski definition) is 4. The number of nitriles is 1. The Labute approximate surface area is 114 Å². The molecule has 0 saturated carbocycles. The van der Waals surface area contributed by atoms with E-state index in [4.69, 9.17) is 14.7 Å². The van der Waals surface area contributed by atoms with Gasteiger partial charge in [-0.25, -0.2) is 0 Å². The Morgan fingerprint density at radius 1 is 1.42 bits per heavy atom. The first kappa shape index (κ1) is 15.2. The molecule has 0 aliphatic rings. The van der Waals surface area contributed by atoms with Crippen LogP contribution in [0.15, 0.2) is 30.9 Å². The van der Waals surface area contributed by atoms with Crippen molar-refractivity contribution in [2.75, 3.05) is 26.9 Å². The molecule has 0 aromatic heterocycles. The molecule has 0 radical (unpaired) electrons. The van der Waals surface area contributed by atoms with Crippen molar-refractivity contribution < 1.29 is 9.47 Å². The molecule has 1 aromatic carbocycles. The molecule has 1 rings (SSSR count). The predicted octanol–water partition coefficient (Wildman–Crippen LogP) is 2.25. The van der Waals surface area contributed by atoms with Crippen LogP contribution in [0.2, 0.25) is 0 Å². The molecular weight excluding hydrogens is 240 g/mol. The average molecular weight is 260 g/mol. The number of ether oxygens (including phenoxy) is 2. The van der Waals surface area contributed by atoms with Gasteiger partial charge in [0.15, 0.2) is 0 Å². The van der Waals surface area contributed by atoms with Crippen LogP contribution in [0, 0.1) is 11.3 Å². The molecule has 4 heteroatoms. The smallest absolute Gasteiger partial charge is 0.136 e. The van der Waals surface area contributed by atoms with Gasteiger partial charge in [-0.3, -0.25) is 0 Å². The quantitative estimate of drug-likeness (QED) is 0.546. The second-order valence-electron chi connectivity index (χ2n) is 4.01. The van der Waals surface area contributed by atoms with Crippen molar-refractivity contribution in [1.82, 2.24) is 5.32 Å². The van der Waals surface area contributed by atoms with Crippen LogP contribution in [-0.4, -0.2) is 26.9 Å². The highest BCUT2D eigenvalue weighted by Gasteiger charge is 2.03. The lowest BCUT2D eigenvalue weighted by Crippen LogP contribution is -2.19. The van der Waals surface area contributed by atoms with E-state index in [0.717, 1.165) is 31.7 Å². The van der Waals surface area contributed by atoms with Gasteiger partial charge in [0.25, 0.3) is 0 Å². The van der Waals surface area contributed by atoms with E-state index in [1.165, 1.54) is 0 Å². The number of rotatable bonds is 9. The molecule has 0 atom stereocenters. The summed E-state index contributed by atoms with van der Waals surface area (Å²) >= 11 is 0. The van der Waals surface area contributed by atoms with Crippen molar-refractivity contribution in [1.29, 1.82) is 5.26 Å². The number of methoxy groups -OCH3 is 1. The Kier molecular flexibility index (Phi) is 7.33. The van der Waals surface area contributed by atoms with Gasteiger partial charge >= 0.3 is 0 Å². The molecule has 0 heterocycles. The lowest BCUT2D eigenvalue weighted by Gasteiger charge is -2.08.